The van der Waals surface area contributed by atoms with E-state index in [-0.39, 0.29) is 29.7 Å². The molecule has 8 nitrogen and oxygen atoms in total. The maximum Gasteiger partial charge on any atom is 0.243 e. The average molecular weight is 418 g/mol. The van der Waals surface area contributed by atoms with E-state index >= 15 is 0 Å². The second-order valence-corrected chi connectivity index (χ2v) is 8.06. The number of likely N-dealkylation sites (tertiary alicyclic amines) is 1. The van der Waals surface area contributed by atoms with Crippen LogP contribution in [0.15, 0.2) is 18.2 Å². The number of carbonyl (C=O) groups is 3. The van der Waals surface area contributed by atoms with E-state index in [1.165, 1.54) is 6.92 Å². The van der Waals surface area contributed by atoms with E-state index < -0.39 is 6.04 Å². The normalized spacial score (nSPS) is 17.8. The molecule has 3 rings (SSSR count). The summed E-state index contributed by atoms with van der Waals surface area (Å²) in [6.07, 6.45) is 3.78. The van der Waals surface area contributed by atoms with E-state index in [1.54, 1.807) is 20.3 Å². The smallest absolute Gasteiger partial charge is 0.243 e. The van der Waals surface area contributed by atoms with Crippen molar-refractivity contribution in [1.29, 1.82) is 0 Å². The molecular formula is C22H31N3O5. The van der Waals surface area contributed by atoms with E-state index in [9.17, 15) is 14.4 Å². The van der Waals surface area contributed by atoms with Crippen molar-refractivity contribution in [2.24, 2.45) is 5.92 Å². The molecule has 1 aromatic rings. The summed E-state index contributed by atoms with van der Waals surface area (Å²) < 4.78 is 10.6. The molecule has 0 radical (unpaired) electrons. The van der Waals surface area contributed by atoms with E-state index in [4.69, 9.17) is 9.47 Å². The van der Waals surface area contributed by atoms with Gasteiger partial charge in [-0.25, -0.2) is 0 Å². The van der Waals surface area contributed by atoms with Crippen molar-refractivity contribution < 1.29 is 23.9 Å². The summed E-state index contributed by atoms with van der Waals surface area (Å²) in [5.74, 6) is 1.23. The topological polar surface area (TPSA) is 97.0 Å². The van der Waals surface area contributed by atoms with E-state index in [1.807, 2.05) is 17.0 Å². The van der Waals surface area contributed by atoms with Gasteiger partial charge in [0.1, 0.15) is 17.5 Å². The molecule has 30 heavy (non-hydrogen) atoms. The summed E-state index contributed by atoms with van der Waals surface area (Å²) in [6.45, 7) is 2.73. The van der Waals surface area contributed by atoms with E-state index in [0.29, 0.717) is 31.0 Å². The Kier molecular flexibility index (Phi) is 7.18. The molecule has 8 heteroatoms. The number of nitrogens with one attached hydrogen (secondary N) is 2. The lowest BCUT2D eigenvalue weighted by atomic mass is 10.0. The lowest BCUT2D eigenvalue weighted by Crippen LogP contribution is -2.53. The maximum atomic E-state index is 12.9. The minimum atomic E-state index is -0.703. The predicted octanol–water partition coefficient (Wildman–Crippen LogP) is 1.27. The van der Waals surface area contributed by atoms with Gasteiger partial charge < -0.3 is 25.0 Å². The molecule has 0 bridgehead atoms. The first kappa shape index (κ1) is 21.9. The van der Waals surface area contributed by atoms with Crippen molar-refractivity contribution in [3.63, 3.8) is 0 Å². The molecular weight excluding hydrogens is 386 g/mol. The molecule has 1 heterocycles. The monoisotopic (exact) mass is 417 g/mol. The number of hydrogen-bond acceptors (Lipinski definition) is 5. The molecule has 1 saturated heterocycles. The van der Waals surface area contributed by atoms with Gasteiger partial charge in [0.2, 0.25) is 17.7 Å². The Morgan fingerprint density at radius 3 is 2.13 bits per heavy atom. The summed E-state index contributed by atoms with van der Waals surface area (Å²) in [5, 5.41) is 5.80. The van der Waals surface area contributed by atoms with Gasteiger partial charge in [-0.15, -0.1) is 0 Å². The first-order valence-electron chi connectivity index (χ1n) is 10.5. The maximum absolute atomic E-state index is 12.9. The molecule has 0 aromatic heterocycles. The molecule has 164 valence electrons. The fourth-order valence-corrected chi connectivity index (χ4v) is 3.81. The lowest BCUT2D eigenvalue weighted by molar-refractivity contribution is -0.134. The highest BCUT2D eigenvalue weighted by Gasteiger charge is 2.35. The molecule has 1 aliphatic heterocycles. The van der Waals surface area contributed by atoms with Crippen LogP contribution in [0, 0.1) is 5.92 Å². The summed E-state index contributed by atoms with van der Waals surface area (Å²) in [7, 11) is 3.13. The van der Waals surface area contributed by atoms with Crippen LogP contribution in [-0.4, -0.2) is 62.0 Å². The quantitative estimate of drug-likeness (QED) is 0.664. The minimum Gasteiger partial charge on any atom is -0.497 e. The van der Waals surface area contributed by atoms with Crippen LogP contribution in [-0.2, 0) is 20.8 Å². The second kappa shape index (κ2) is 9.82. The zero-order valence-electron chi connectivity index (χ0n) is 17.9. The third kappa shape index (κ3) is 5.87. The number of carbonyl (C=O) groups excluding carboxylic acids is 3. The molecule has 3 amide bonds. The minimum absolute atomic E-state index is 0.00291. The molecule has 2 fully saturated rings. The van der Waals surface area contributed by atoms with Crippen LogP contribution in [0.25, 0.3) is 0 Å². The van der Waals surface area contributed by atoms with Crippen molar-refractivity contribution >= 4 is 17.7 Å². The Bertz CT molecular complexity index is 763. The Hall–Kier alpha value is -2.77. The molecule has 2 N–H and O–H groups in total. The van der Waals surface area contributed by atoms with E-state index in [2.05, 4.69) is 10.6 Å². The molecule has 1 atom stereocenters. The van der Waals surface area contributed by atoms with Crippen LogP contribution in [0.4, 0.5) is 0 Å². The fourth-order valence-electron chi connectivity index (χ4n) is 3.81. The summed E-state index contributed by atoms with van der Waals surface area (Å²) >= 11 is 0. The average Bonchev–Trinajstić information content (AvgIpc) is 3.58. The fraction of sp³-hybridized carbons (Fsp3) is 0.591. The third-order valence-electron chi connectivity index (χ3n) is 5.62. The van der Waals surface area contributed by atoms with Gasteiger partial charge in [-0.2, -0.15) is 0 Å². The Morgan fingerprint density at radius 1 is 1.03 bits per heavy atom. The number of nitrogens with zero attached hydrogens (tertiary/aromatic N) is 1. The van der Waals surface area contributed by atoms with Gasteiger partial charge in [-0.05, 0) is 43.4 Å². The van der Waals surface area contributed by atoms with Crippen LogP contribution in [0.1, 0.15) is 38.2 Å². The standard InChI is InChI=1S/C22H31N3O5/c1-14(26)23-20(12-15-10-18(29-2)13-19(11-15)30-3)21(27)24-17-6-8-25(9-7-17)22(28)16-4-5-16/h10-11,13,16-17,20H,4-9,12H2,1-3H3,(H,23,26)(H,24,27)/t20-/m0/s1. The molecule has 1 aromatic carbocycles. The zero-order valence-corrected chi connectivity index (χ0v) is 17.9. The first-order valence-corrected chi connectivity index (χ1v) is 10.5. The molecule has 2 aliphatic rings. The van der Waals surface area contributed by atoms with Crippen LogP contribution in [0.5, 0.6) is 11.5 Å². The number of benzene rings is 1. The largest absolute Gasteiger partial charge is 0.497 e. The van der Waals surface area contributed by atoms with Crippen LogP contribution in [0.2, 0.25) is 0 Å². The Morgan fingerprint density at radius 2 is 1.63 bits per heavy atom. The van der Waals surface area contributed by atoms with Crippen molar-refractivity contribution in [1.82, 2.24) is 15.5 Å². The lowest BCUT2D eigenvalue weighted by Gasteiger charge is -2.33. The predicted molar refractivity (Wildman–Crippen MR) is 111 cm³/mol. The number of methoxy groups -OCH3 is 2. The van der Waals surface area contributed by atoms with Gasteiger partial charge in [0.25, 0.3) is 0 Å². The van der Waals surface area contributed by atoms with Crippen molar-refractivity contribution in [2.45, 2.75) is 51.1 Å². The number of ether oxygens (including phenoxy) is 2. The number of amides is 3. The summed E-state index contributed by atoms with van der Waals surface area (Å²) in [5.41, 5.74) is 0.824. The van der Waals surface area contributed by atoms with Crippen LogP contribution >= 0.6 is 0 Å². The van der Waals surface area contributed by atoms with Gasteiger partial charge in [0, 0.05) is 44.5 Å². The number of hydrogen-bond donors (Lipinski definition) is 2. The number of piperidine rings is 1. The SMILES string of the molecule is COc1cc(C[C@H](NC(C)=O)C(=O)NC2CCN(C(=O)C3CC3)CC2)cc(OC)c1. The summed E-state index contributed by atoms with van der Waals surface area (Å²) in [4.78, 5) is 38.7. The van der Waals surface area contributed by atoms with Gasteiger partial charge in [-0.1, -0.05) is 0 Å². The highest BCUT2D eigenvalue weighted by molar-refractivity contribution is 5.87. The second-order valence-electron chi connectivity index (χ2n) is 8.06. The van der Waals surface area contributed by atoms with Crippen molar-refractivity contribution in [3.05, 3.63) is 23.8 Å². The highest BCUT2D eigenvalue weighted by atomic mass is 16.5. The van der Waals surface area contributed by atoms with Gasteiger partial charge >= 0.3 is 0 Å². The molecule has 0 unspecified atom stereocenters. The van der Waals surface area contributed by atoms with Gasteiger partial charge in [0.15, 0.2) is 0 Å². The third-order valence-corrected chi connectivity index (χ3v) is 5.62. The molecule has 1 saturated carbocycles. The Balaban J connectivity index is 1.60. The van der Waals surface area contributed by atoms with Crippen LogP contribution in [0.3, 0.4) is 0 Å². The Labute approximate surface area is 177 Å². The molecule has 0 spiro atoms. The highest BCUT2D eigenvalue weighted by Crippen LogP contribution is 2.32. The van der Waals surface area contributed by atoms with Gasteiger partial charge in [0.05, 0.1) is 14.2 Å². The number of rotatable bonds is 8. The molecule has 1 aliphatic carbocycles. The van der Waals surface area contributed by atoms with Crippen LogP contribution < -0.4 is 20.1 Å². The van der Waals surface area contributed by atoms with Crippen molar-refractivity contribution in [2.75, 3.05) is 27.3 Å². The van der Waals surface area contributed by atoms with Crippen molar-refractivity contribution in [3.8, 4) is 11.5 Å². The zero-order chi connectivity index (χ0) is 21.7. The van der Waals surface area contributed by atoms with Gasteiger partial charge in [-0.3, -0.25) is 14.4 Å². The first-order chi connectivity index (χ1) is 14.4. The van der Waals surface area contributed by atoms with E-state index in [0.717, 1.165) is 31.2 Å². The summed E-state index contributed by atoms with van der Waals surface area (Å²) in [6, 6.07) is 4.70.